The summed E-state index contributed by atoms with van der Waals surface area (Å²) in [5.74, 6) is 0.782. The summed E-state index contributed by atoms with van der Waals surface area (Å²) in [7, 11) is 1.41. The number of aromatic nitrogens is 2. The van der Waals surface area contributed by atoms with Gasteiger partial charge in [0.2, 0.25) is 11.8 Å². The second kappa shape index (κ2) is 6.50. The van der Waals surface area contributed by atoms with Crippen LogP contribution in [0.25, 0.3) is 11.5 Å². The Morgan fingerprint density at radius 3 is 2.87 bits per heavy atom. The zero-order valence-corrected chi connectivity index (χ0v) is 13.7. The molecule has 1 saturated carbocycles. The predicted molar refractivity (Wildman–Crippen MR) is 84.5 cm³/mol. The number of nitrogens with zero attached hydrogens (tertiary/aromatic N) is 3. The molecule has 1 fully saturated rings. The van der Waals surface area contributed by atoms with Gasteiger partial charge in [0.1, 0.15) is 6.04 Å². The highest BCUT2D eigenvalue weighted by Gasteiger charge is 2.36. The Balaban J connectivity index is 1.75. The molecule has 6 heteroatoms. The van der Waals surface area contributed by atoms with Crippen molar-refractivity contribution in [1.29, 1.82) is 0 Å². The van der Waals surface area contributed by atoms with Crippen molar-refractivity contribution in [3.8, 4) is 11.5 Å². The molecule has 3 rings (SSSR count). The van der Waals surface area contributed by atoms with Crippen molar-refractivity contribution in [1.82, 2.24) is 15.1 Å². The van der Waals surface area contributed by atoms with Crippen LogP contribution in [0.4, 0.5) is 0 Å². The van der Waals surface area contributed by atoms with Crippen LogP contribution in [0.2, 0.25) is 0 Å². The number of benzene rings is 1. The molecule has 122 valence electrons. The van der Waals surface area contributed by atoms with Gasteiger partial charge in [-0.05, 0) is 38.8 Å². The minimum absolute atomic E-state index is 0.240. The summed E-state index contributed by atoms with van der Waals surface area (Å²) in [4.78, 5) is 13.9. The smallest absolute Gasteiger partial charge is 0.322 e. The summed E-state index contributed by atoms with van der Waals surface area (Å²) < 4.78 is 10.6. The van der Waals surface area contributed by atoms with Crippen LogP contribution in [0.5, 0.6) is 0 Å². The van der Waals surface area contributed by atoms with Crippen molar-refractivity contribution < 1.29 is 13.9 Å². The highest BCUT2D eigenvalue weighted by molar-refractivity contribution is 5.75. The molecule has 0 unspecified atom stereocenters. The minimum atomic E-state index is -0.318. The van der Waals surface area contributed by atoms with Gasteiger partial charge in [-0.1, -0.05) is 17.7 Å². The van der Waals surface area contributed by atoms with Crippen LogP contribution >= 0.6 is 0 Å². The minimum Gasteiger partial charge on any atom is -0.468 e. The van der Waals surface area contributed by atoms with Crippen LogP contribution in [-0.4, -0.2) is 40.3 Å². The van der Waals surface area contributed by atoms with Crippen LogP contribution in [0.15, 0.2) is 28.7 Å². The van der Waals surface area contributed by atoms with Crippen LogP contribution in [0.1, 0.15) is 31.2 Å². The van der Waals surface area contributed by atoms with E-state index in [9.17, 15) is 4.79 Å². The number of methoxy groups -OCH3 is 1. The summed E-state index contributed by atoms with van der Waals surface area (Å²) >= 11 is 0. The normalized spacial score (nSPS) is 15.7. The first-order valence-electron chi connectivity index (χ1n) is 7.81. The van der Waals surface area contributed by atoms with E-state index in [4.69, 9.17) is 9.15 Å². The topological polar surface area (TPSA) is 68.5 Å². The Bertz CT molecular complexity index is 694. The third-order valence-corrected chi connectivity index (χ3v) is 4.11. The van der Waals surface area contributed by atoms with Crippen molar-refractivity contribution in [3.63, 3.8) is 0 Å². The van der Waals surface area contributed by atoms with Crippen LogP contribution in [0, 0.1) is 6.92 Å². The van der Waals surface area contributed by atoms with E-state index in [0.29, 0.717) is 24.4 Å². The molecule has 0 radical (unpaired) electrons. The average molecular weight is 315 g/mol. The third-order valence-electron chi connectivity index (χ3n) is 4.11. The van der Waals surface area contributed by atoms with Gasteiger partial charge in [-0.3, -0.25) is 9.69 Å². The maximum absolute atomic E-state index is 11.8. The molecule has 1 aromatic carbocycles. The zero-order chi connectivity index (χ0) is 16.4. The fourth-order valence-electron chi connectivity index (χ4n) is 2.66. The number of carbonyl (C=O) groups excluding carboxylic acids is 1. The fraction of sp³-hybridized carbons (Fsp3) is 0.471. The van der Waals surface area contributed by atoms with Crippen LogP contribution < -0.4 is 0 Å². The Labute approximate surface area is 135 Å². The van der Waals surface area contributed by atoms with Gasteiger partial charge in [-0.2, -0.15) is 0 Å². The van der Waals surface area contributed by atoms with E-state index in [1.807, 2.05) is 38.1 Å². The van der Waals surface area contributed by atoms with Gasteiger partial charge in [0, 0.05) is 11.6 Å². The first-order valence-corrected chi connectivity index (χ1v) is 7.81. The molecule has 6 nitrogen and oxygen atoms in total. The molecule has 1 aliphatic carbocycles. The average Bonchev–Trinajstić information content (AvgIpc) is 3.29. The molecule has 0 N–H and O–H groups in total. The fourth-order valence-corrected chi connectivity index (χ4v) is 2.66. The third kappa shape index (κ3) is 3.59. The SMILES string of the molecule is COC(=O)[C@@H](C)N(Cc1nnc(-c2cccc(C)c2)o1)C1CC1. The lowest BCUT2D eigenvalue weighted by molar-refractivity contribution is -0.146. The number of esters is 1. The first kappa shape index (κ1) is 15.7. The summed E-state index contributed by atoms with van der Waals surface area (Å²) in [6.07, 6.45) is 2.17. The second-order valence-corrected chi connectivity index (χ2v) is 5.97. The number of ether oxygens (including phenoxy) is 1. The summed E-state index contributed by atoms with van der Waals surface area (Å²) in [5, 5.41) is 8.25. The van der Waals surface area contributed by atoms with Gasteiger partial charge in [-0.15, -0.1) is 10.2 Å². The Morgan fingerprint density at radius 1 is 1.43 bits per heavy atom. The maximum atomic E-state index is 11.8. The molecule has 1 aliphatic rings. The van der Waals surface area contributed by atoms with Crippen molar-refractivity contribution in [2.45, 2.75) is 45.3 Å². The van der Waals surface area contributed by atoms with E-state index in [2.05, 4.69) is 15.1 Å². The van der Waals surface area contributed by atoms with Crippen LogP contribution in [-0.2, 0) is 16.1 Å². The number of rotatable bonds is 6. The lowest BCUT2D eigenvalue weighted by Crippen LogP contribution is -2.40. The molecular formula is C17H21N3O3. The van der Waals surface area contributed by atoms with Crippen molar-refractivity contribution in [3.05, 3.63) is 35.7 Å². The van der Waals surface area contributed by atoms with Gasteiger partial charge in [0.25, 0.3) is 0 Å². The molecule has 1 heterocycles. The Hall–Kier alpha value is -2.21. The first-order chi connectivity index (χ1) is 11.1. The van der Waals surface area contributed by atoms with E-state index >= 15 is 0 Å². The van der Waals surface area contributed by atoms with Gasteiger partial charge in [-0.25, -0.2) is 0 Å². The number of aryl methyl sites for hydroxylation is 1. The molecule has 0 spiro atoms. The summed E-state index contributed by atoms with van der Waals surface area (Å²) in [6.45, 7) is 4.33. The van der Waals surface area contributed by atoms with Gasteiger partial charge in [0.15, 0.2) is 0 Å². The predicted octanol–water partition coefficient (Wildman–Crippen LogP) is 2.57. The van der Waals surface area contributed by atoms with E-state index in [1.54, 1.807) is 0 Å². The Morgan fingerprint density at radius 2 is 2.22 bits per heavy atom. The molecule has 1 aromatic heterocycles. The second-order valence-electron chi connectivity index (χ2n) is 5.97. The molecule has 0 aliphatic heterocycles. The van der Waals surface area contributed by atoms with E-state index in [1.165, 1.54) is 7.11 Å². The van der Waals surface area contributed by atoms with Gasteiger partial charge in [0.05, 0.1) is 13.7 Å². The molecule has 0 saturated heterocycles. The Kier molecular flexibility index (Phi) is 4.43. The summed E-state index contributed by atoms with van der Waals surface area (Å²) in [6, 6.07) is 8.01. The lowest BCUT2D eigenvalue weighted by Gasteiger charge is -2.25. The number of hydrogen-bond donors (Lipinski definition) is 0. The van der Waals surface area contributed by atoms with Gasteiger partial charge < -0.3 is 9.15 Å². The van der Waals surface area contributed by atoms with Gasteiger partial charge >= 0.3 is 5.97 Å². The monoisotopic (exact) mass is 315 g/mol. The highest BCUT2D eigenvalue weighted by Crippen LogP contribution is 2.30. The van der Waals surface area contributed by atoms with E-state index in [-0.39, 0.29) is 12.0 Å². The van der Waals surface area contributed by atoms with Crippen LogP contribution in [0.3, 0.4) is 0 Å². The van der Waals surface area contributed by atoms with E-state index < -0.39 is 0 Å². The molecule has 0 bridgehead atoms. The van der Waals surface area contributed by atoms with Crippen molar-refractivity contribution in [2.24, 2.45) is 0 Å². The quantitative estimate of drug-likeness (QED) is 0.763. The largest absolute Gasteiger partial charge is 0.468 e. The lowest BCUT2D eigenvalue weighted by atomic mass is 10.1. The highest BCUT2D eigenvalue weighted by atomic mass is 16.5. The number of carbonyl (C=O) groups is 1. The molecule has 23 heavy (non-hydrogen) atoms. The van der Waals surface area contributed by atoms with E-state index in [0.717, 1.165) is 24.0 Å². The molecular weight excluding hydrogens is 294 g/mol. The standard InChI is InChI=1S/C17H21N3O3/c1-11-5-4-6-13(9-11)16-19-18-15(23-16)10-20(14-7-8-14)12(2)17(21)22-3/h4-6,9,12,14H,7-8,10H2,1-3H3/t12-/m1/s1. The molecule has 0 amide bonds. The van der Waals surface area contributed by atoms with Crippen molar-refractivity contribution in [2.75, 3.05) is 7.11 Å². The zero-order valence-electron chi connectivity index (χ0n) is 13.7. The maximum Gasteiger partial charge on any atom is 0.322 e. The molecule has 1 atom stereocenters. The summed E-state index contributed by atoms with van der Waals surface area (Å²) in [5.41, 5.74) is 2.05. The number of hydrogen-bond acceptors (Lipinski definition) is 6. The van der Waals surface area contributed by atoms with Crippen molar-refractivity contribution >= 4 is 5.97 Å². The molecule has 2 aromatic rings.